The van der Waals surface area contributed by atoms with Crippen LogP contribution < -0.4 is 20.1 Å². The van der Waals surface area contributed by atoms with E-state index in [9.17, 15) is 9.59 Å². The molecular weight excluding hydrogens is 488 g/mol. The zero-order valence-corrected chi connectivity index (χ0v) is 23.7. The van der Waals surface area contributed by atoms with Crippen molar-refractivity contribution in [3.8, 4) is 11.5 Å². The van der Waals surface area contributed by atoms with Crippen LogP contribution in [0.2, 0.25) is 0 Å². The molecule has 0 radical (unpaired) electrons. The molecule has 1 aliphatic carbocycles. The van der Waals surface area contributed by atoms with E-state index in [1.807, 2.05) is 0 Å². The van der Waals surface area contributed by atoms with Crippen molar-refractivity contribution in [2.75, 3.05) is 64.6 Å². The molecule has 0 unspecified atom stereocenters. The number of thiophene rings is 1. The van der Waals surface area contributed by atoms with Gasteiger partial charge in [-0.05, 0) is 55.3 Å². The highest BCUT2D eigenvalue weighted by Crippen LogP contribution is 2.44. The third-order valence-electron chi connectivity index (χ3n) is 7.59. The summed E-state index contributed by atoms with van der Waals surface area (Å²) >= 11 is 1.56. The maximum Gasteiger partial charge on any atom is 0.259 e. The predicted octanol–water partition coefficient (Wildman–Crippen LogP) is 4.35. The number of carbonyl (C=O) groups excluding carboxylic acids is 2. The van der Waals surface area contributed by atoms with Crippen molar-refractivity contribution < 1.29 is 19.1 Å². The molecule has 2 aliphatic rings. The second-order valence-corrected chi connectivity index (χ2v) is 12.3. The first-order valence-electron chi connectivity index (χ1n) is 13.0. The Kier molecular flexibility index (Phi) is 8.46. The van der Waals surface area contributed by atoms with Gasteiger partial charge in [0.1, 0.15) is 16.5 Å². The molecule has 2 heterocycles. The lowest BCUT2D eigenvalue weighted by Gasteiger charge is -2.33. The molecule has 0 saturated carbocycles. The lowest BCUT2D eigenvalue weighted by molar-refractivity contribution is -0.117. The fourth-order valence-corrected chi connectivity index (χ4v) is 6.46. The van der Waals surface area contributed by atoms with E-state index in [0.717, 1.165) is 51.0 Å². The van der Waals surface area contributed by atoms with Crippen molar-refractivity contribution in [2.45, 2.75) is 40.0 Å². The van der Waals surface area contributed by atoms with Crippen molar-refractivity contribution in [2.24, 2.45) is 11.3 Å². The van der Waals surface area contributed by atoms with Gasteiger partial charge in [0.05, 0.1) is 32.0 Å². The summed E-state index contributed by atoms with van der Waals surface area (Å²) in [7, 11) is 5.25. The Hall–Kier alpha value is -2.62. The molecule has 9 heteroatoms. The largest absolute Gasteiger partial charge is 0.497 e. The normalized spacial score (nSPS) is 18.7. The number of amides is 2. The third-order valence-corrected chi connectivity index (χ3v) is 8.76. The van der Waals surface area contributed by atoms with Gasteiger partial charge in [-0.3, -0.25) is 14.5 Å². The van der Waals surface area contributed by atoms with E-state index in [1.165, 1.54) is 4.88 Å². The summed E-state index contributed by atoms with van der Waals surface area (Å²) in [6.45, 7) is 10.8. The molecule has 1 saturated heterocycles. The predicted molar refractivity (Wildman–Crippen MR) is 149 cm³/mol. The van der Waals surface area contributed by atoms with Crippen LogP contribution in [0.4, 0.5) is 10.7 Å². The van der Waals surface area contributed by atoms with Gasteiger partial charge >= 0.3 is 0 Å². The lowest BCUT2D eigenvalue weighted by atomic mass is 9.72. The number of methoxy groups -OCH3 is 2. The molecular formula is C28H40N4O4S. The van der Waals surface area contributed by atoms with Crippen molar-refractivity contribution in [3.63, 3.8) is 0 Å². The van der Waals surface area contributed by atoms with Crippen LogP contribution in [0.1, 0.15) is 48.0 Å². The van der Waals surface area contributed by atoms with Gasteiger partial charge < -0.3 is 25.0 Å². The first-order valence-corrected chi connectivity index (χ1v) is 13.8. The van der Waals surface area contributed by atoms with Crippen LogP contribution >= 0.6 is 11.3 Å². The van der Waals surface area contributed by atoms with Crippen LogP contribution in [-0.4, -0.2) is 75.6 Å². The summed E-state index contributed by atoms with van der Waals surface area (Å²) in [6.07, 6.45) is 2.77. The number of nitrogens with zero attached hydrogens (tertiary/aromatic N) is 2. The fourth-order valence-electron chi connectivity index (χ4n) is 5.12. The number of fused-ring (bicyclic) bond motifs is 1. The highest BCUT2D eigenvalue weighted by atomic mass is 32.1. The minimum Gasteiger partial charge on any atom is -0.497 e. The number of anilines is 2. The second-order valence-electron chi connectivity index (χ2n) is 11.2. The van der Waals surface area contributed by atoms with Gasteiger partial charge in [-0.1, -0.05) is 20.8 Å². The zero-order valence-electron chi connectivity index (χ0n) is 22.9. The number of benzene rings is 1. The topological polar surface area (TPSA) is 83.1 Å². The van der Waals surface area contributed by atoms with Crippen LogP contribution in [-0.2, 0) is 17.6 Å². The summed E-state index contributed by atoms with van der Waals surface area (Å²) < 4.78 is 10.8. The van der Waals surface area contributed by atoms with Crippen molar-refractivity contribution >= 4 is 33.8 Å². The van der Waals surface area contributed by atoms with E-state index in [1.54, 1.807) is 43.8 Å². The standard InChI is InChI=1S/C28H40N4O4S/c1-28(2,3)18-7-9-20-23(15-18)37-27(30-24(33)17-32-13-11-31(4)12-14-32)25(20)26(34)29-21-10-8-19(35-5)16-22(21)36-6/h8,10,16,18H,7,9,11-15,17H2,1-6H3,(H,29,34)(H,30,33)/t18-/m0/s1. The Bertz CT molecular complexity index is 1130. The Balaban J connectivity index is 1.60. The number of hydrogen-bond acceptors (Lipinski definition) is 7. The molecule has 1 aromatic heterocycles. The quantitative estimate of drug-likeness (QED) is 0.556. The van der Waals surface area contributed by atoms with Crippen LogP contribution in [0.3, 0.4) is 0 Å². The molecule has 1 fully saturated rings. The van der Waals surface area contributed by atoms with E-state index >= 15 is 0 Å². The van der Waals surface area contributed by atoms with Crippen LogP contribution in [0.15, 0.2) is 18.2 Å². The Labute approximate surface area is 224 Å². The number of piperazine rings is 1. The summed E-state index contributed by atoms with van der Waals surface area (Å²) in [6, 6.07) is 5.30. The molecule has 1 atom stereocenters. The van der Waals surface area contributed by atoms with Gasteiger partial charge in [-0.25, -0.2) is 0 Å². The van der Waals surface area contributed by atoms with Gasteiger partial charge in [-0.15, -0.1) is 11.3 Å². The SMILES string of the molecule is COc1ccc(NC(=O)c2c(NC(=O)CN3CCN(C)CC3)sc3c2CC[C@H](C(C)(C)C)C3)c(OC)c1. The first kappa shape index (κ1) is 27.4. The summed E-state index contributed by atoms with van der Waals surface area (Å²) in [4.78, 5) is 32.4. The molecule has 2 aromatic rings. The third kappa shape index (κ3) is 6.45. The van der Waals surface area contributed by atoms with Crippen LogP contribution in [0.5, 0.6) is 11.5 Å². The van der Waals surface area contributed by atoms with E-state index < -0.39 is 0 Å². The maximum absolute atomic E-state index is 13.7. The average molecular weight is 529 g/mol. The number of likely N-dealkylation sites (N-methyl/N-ethyl adjacent to an activating group) is 1. The Morgan fingerprint density at radius 3 is 2.46 bits per heavy atom. The van der Waals surface area contributed by atoms with E-state index in [-0.39, 0.29) is 17.2 Å². The molecule has 0 spiro atoms. The average Bonchev–Trinajstić information content (AvgIpc) is 3.22. The number of hydrogen-bond donors (Lipinski definition) is 2. The number of nitrogens with one attached hydrogen (secondary N) is 2. The van der Waals surface area contributed by atoms with Gasteiger partial charge in [0, 0.05) is 37.1 Å². The first-order chi connectivity index (χ1) is 17.6. The van der Waals surface area contributed by atoms with Crippen molar-refractivity contribution in [1.82, 2.24) is 9.80 Å². The molecule has 202 valence electrons. The molecule has 2 N–H and O–H groups in total. The zero-order chi connectivity index (χ0) is 26.7. The van der Waals surface area contributed by atoms with Gasteiger partial charge in [0.2, 0.25) is 5.91 Å². The highest BCUT2D eigenvalue weighted by Gasteiger charge is 2.34. The highest BCUT2D eigenvalue weighted by molar-refractivity contribution is 7.17. The second kappa shape index (κ2) is 11.4. The van der Waals surface area contributed by atoms with Gasteiger partial charge in [0.15, 0.2) is 0 Å². The Morgan fingerprint density at radius 2 is 1.81 bits per heavy atom. The molecule has 8 nitrogen and oxygen atoms in total. The molecule has 2 amide bonds. The molecule has 37 heavy (non-hydrogen) atoms. The molecule has 0 bridgehead atoms. The van der Waals surface area contributed by atoms with Crippen molar-refractivity contribution in [1.29, 1.82) is 0 Å². The summed E-state index contributed by atoms with van der Waals surface area (Å²) in [5.41, 5.74) is 2.39. The van der Waals surface area contributed by atoms with E-state index in [2.05, 4.69) is 48.3 Å². The Morgan fingerprint density at radius 1 is 1.08 bits per heavy atom. The van der Waals surface area contributed by atoms with Gasteiger partial charge in [0.25, 0.3) is 5.91 Å². The number of carbonyl (C=O) groups is 2. The smallest absolute Gasteiger partial charge is 0.259 e. The molecule has 1 aromatic carbocycles. The minimum atomic E-state index is -0.231. The van der Waals surface area contributed by atoms with E-state index in [0.29, 0.717) is 40.2 Å². The monoisotopic (exact) mass is 528 g/mol. The lowest BCUT2D eigenvalue weighted by Crippen LogP contribution is -2.47. The van der Waals surface area contributed by atoms with Crippen molar-refractivity contribution in [3.05, 3.63) is 34.2 Å². The number of rotatable bonds is 7. The van der Waals surface area contributed by atoms with Crippen LogP contribution in [0.25, 0.3) is 0 Å². The maximum atomic E-state index is 13.7. The molecule has 4 rings (SSSR count). The van der Waals surface area contributed by atoms with Crippen LogP contribution in [0, 0.1) is 11.3 Å². The van der Waals surface area contributed by atoms with E-state index in [4.69, 9.17) is 9.47 Å². The fraction of sp³-hybridized carbons (Fsp3) is 0.571. The minimum absolute atomic E-state index is 0.0772. The summed E-state index contributed by atoms with van der Waals surface area (Å²) in [5.74, 6) is 1.39. The summed E-state index contributed by atoms with van der Waals surface area (Å²) in [5, 5.41) is 6.77. The number of ether oxygens (including phenoxy) is 2. The molecule has 1 aliphatic heterocycles. The van der Waals surface area contributed by atoms with Gasteiger partial charge in [-0.2, -0.15) is 0 Å².